The zero-order valence-electron chi connectivity index (χ0n) is 10.5. The van der Waals surface area contributed by atoms with E-state index in [2.05, 4.69) is 0 Å². The van der Waals surface area contributed by atoms with E-state index in [0.717, 1.165) is 6.07 Å². The summed E-state index contributed by atoms with van der Waals surface area (Å²) in [5, 5.41) is 0. The third-order valence-electron chi connectivity index (χ3n) is 2.04. The summed E-state index contributed by atoms with van der Waals surface area (Å²) < 4.78 is 23.3. The van der Waals surface area contributed by atoms with Gasteiger partial charge in [-0.25, -0.2) is 9.18 Å². The lowest BCUT2D eigenvalue weighted by Crippen LogP contribution is -2.18. The summed E-state index contributed by atoms with van der Waals surface area (Å²) in [5.41, 5.74) is -0.00731. The third kappa shape index (κ3) is 4.16. The van der Waals surface area contributed by atoms with Crippen LogP contribution in [-0.4, -0.2) is 24.5 Å². The zero-order chi connectivity index (χ0) is 13.7. The minimum absolute atomic E-state index is 0.00731. The standard InChI is InChI=1S/C13H15FO4/c1-8(2)18-13(16)7-17-10-4-5-11(9(3)15)12(14)6-10/h4-6,8H,7H2,1-3H3. The maximum absolute atomic E-state index is 13.4. The largest absolute Gasteiger partial charge is 0.482 e. The highest BCUT2D eigenvalue weighted by Crippen LogP contribution is 2.17. The number of esters is 1. The van der Waals surface area contributed by atoms with Gasteiger partial charge in [0.05, 0.1) is 11.7 Å². The highest BCUT2D eigenvalue weighted by atomic mass is 19.1. The first-order chi connectivity index (χ1) is 8.40. The molecule has 0 heterocycles. The Balaban J connectivity index is 2.61. The van der Waals surface area contributed by atoms with Gasteiger partial charge in [0.15, 0.2) is 12.4 Å². The summed E-state index contributed by atoms with van der Waals surface area (Å²) >= 11 is 0. The molecule has 0 aliphatic heterocycles. The molecule has 0 unspecified atom stereocenters. The van der Waals surface area contributed by atoms with Gasteiger partial charge in [-0.05, 0) is 32.9 Å². The first-order valence-electron chi connectivity index (χ1n) is 5.53. The van der Waals surface area contributed by atoms with E-state index in [1.807, 2.05) is 0 Å². The molecule has 0 aromatic heterocycles. The van der Waals surface area contributed by atoms with E-state index in [1.54, 1.807) is 13.8 Å². The molecule has 0 fully saturated rings. The van der Waals surface area contributed by atoms with E-state index in [-0.39, 0.29) is 29.8 Å². The van der Waals surface area contributed by atoms with Crippen molar-refractivity contribution in [2.75, 3.05) is 6.61 Å². The first kappa shape index (κ1) is 14.2. The normalized spacial score (nSPS) is 10.3. The van der Waals surface area contributed by atoms with E-state index in [9.17, 15) is 14.0 Å². The van der Waals surface area contributed by atoms with Gasteiger partial charge in [-0.1, -0.05) is 0 Å². The van der Waals surface area contributed by atoms with Crippen LogP contribution in [0.15, 0.2) is 18.2 Å². The SMILES string of the molecule is CC(=O)c1ccc(OCC(=O)OC(C)C)cc1F. The molecule has 0 aliphatic carbocycles. The van der Waals surface area contributed by atoms with Gasteiger partial charge in [-0.3, -0.25) is 4.79 Å². The minimum atomic E-state index is -0.669. The molecule has 1 rings (SSSR count). The Labute approximate surface area is 105 Å². The molecule has 4 nitrogen and oxygen atoms in total. The third-order valence-corrected chi connectivity index (χ3v) is 2.04. The fourth-order valence-electron chi connectivity index (χ4n) is 1.31. The van der Waals surface area contributed by atoms with E-state index < -0.39 is 11.8 Å². The average molecular weight is 254 g/mol. The van der Waals surface area contributed by atoms with Gasteiger partial charge in [0.1, 0.15) is 11.6 Å². The highest BCUT2D eigenvalue weighted by Gasteiger charge is 2.10. The van der Waals surface area contributed by atoms with Crippen molar-refractivity contribution in [1.82, 2.24) is 0 Å². The van der Waals surface area contributed by atoms with E-state index in [1.165, 1.54) is 19.1 Å². The van der Waals surface area contributed by atoms with Gasteiger partial charge in [-0.2, -0.15) is 0 Å². The van der Waals surface area contributed by atoms with Crippen LogP contribution < -0.4 is 4.74 Å². The number of rotatable bonds is 5. The molecule has 0 amide bonds. The van der Waals surface area contributed by atoms with Crippen molar-refractivity contribution in [1.29, 1.82) is 0 Å². The molecule has 0 N–H and O–H groups in total. The molecule has 5 heteroatoms. The molecule has 1 aromatic carbocycles. The predicted octanol–water partition coefficient (Wildman–Crippen LogP) is 2.36. The van der Waals surface area contributed by atoms with Gasteiger partial charge in [0.25, 0.3) is 0 Å². The zero-order valence-corrected chi connectivity index (χ0v) is 10.5. The number of carbonyl (C=O) groups is 2. The van der Waals surface area contributed by atoms with Crippen LogP contribution in [0, 0.1) is 5.82 Å². The molecule has 98 valence electrons. The number of ether oxygens (including phenoxy) is 2. The van der Waals surface area contributed by atoms with Crippen LogP contribution in [0.25, 0.3) is 0 Å². The number of halogens is 1. The minimum Gasteiger partial charge on any atom is -0.482 e. The molecule has 18 heavy (non-hydrogen) atoms. The van der Waals surface area contributed by atoms with Crippen molar-refractivity contribution >= 4 is 11.8 Å². The molecular weight excluding hydrogens is 239 g/mol. The van der Waals surface area contributed by atoms with Crippen molar-refractivity contribution in [2.24, 2.45) is 0 Å². The number of Topliss-reactive ketones (excluding diaryl/α,β-unsaturated/α-hetero) is 1. The molecule has 0 bridgehead atoms. The Morgan fingerprint density at radius 3 is 2.50 bits per heavy atom. The lowest BCUT2D eigenvalue weighted by Gasteiger charge is -2.09. The van der Waals surface area contributed by atoms with Gasteiger partial charge in [0, 0.05) is 6.07 Å². The summed E-state index contributed by atoms with van der Waals surface area (Å²) in [6.07, 6.45) is -0.224. The Bertz CT molecular complexity index is 454. The number of benzene rings is 1. The van der Waals surface area contributed by atoms with Crippen LogP contribution in [-0.2, 0) is 9.53 Å². The number of carbonyl (C=O) groups excluding carboxylic acids is 2. The molecule has 0 spiro atoms. The van der Waals surface area contributed by atoms with E-state index >= 15 is 0 Å². The lowest BCUT2D eigenvalue weighted by atomic mass is 10.1. The number of hydrogen-bond donors (Lipinski definition) is 0. The fourth-order valence-corrected chi connectivity index (χ4v) is 1.31. The monoisotopic (exact) mass is 254 g/mol. The summed E-state index contributed by atoms with van der Waals surface area (Å²) in [6.45, 7) is 4.43. The maximum atomic E-state index is 13.4. The summed E-state index contributed by atoms with van der Waals surface area (Å²) in [7, 11) is 0. The van der Waals surface area contributed by atoms with E-state index in [0.29, 0.717) is 0 Å². The van der Waals surface area contributed by atoms with Crippen LogP contribution in [0.3, 0.4) is 0 Å². The summed E-state index contributed by atoms with van der Waals surface area (Å²) in [5.74, 6) is -1.38. The molecular formula is C13H15FO4. The predicted molar refractivity (Wildman–Crippen MR) is 63.1 cm³/mol. The van der Waals surface area contributed by atoms with Crippen molar-refractivity contribution in [3.63, 3.8) is 0 Å². The van der Waals surface area contributed by atoms with Crippen LogP contribution >= 0.6 is 0 Å². The Hall–Kier alpha value is -1.91. The Kier molecular flexibility index (Phi) is 4.83. The second-order valence-corrected chi connectivity index (χ2v) is 4.03. The van der Waals surface area contributed by atoms with Crippen molar-refractivity contribution in [3.8, 4) is 5.75 Å². The fraction of sp³-hybridized carbons (Fsp3) is 0.385. The average Bonchev–Trinajstić information content (AvgIpc) is 2.25. The molecule has 1 aromatic rings. The second-order valence-electron chi connectivity index (χ2n) is 4.03. The van der Waals surface area contributed by atoms with E-state index in [4.69, 9.17) is 9.47 Å². The molecule has 0 atom stereocenters. The quantitative estimate of drug-likeness (QED) is 0.598. The van der Waals surface area contributed by atoms with Gasteiger partial charge >= 0.3 is 5.97 Å². The Morgan fingerprint density at radius 2 is 2.00 bits per heavy atom. The van der Waals surface area contributed by atoms with Crippen molar-refractivity contribution < 1.29 is 23.5 Å². The maximum Gasteiger partial charge on any atom is 0.344 e. The smallest absolute Gasteiger partial charge is 0.344 e. The molecule has 0 saturated heterocycles. The molecule has 0 radical (unpaired) electrons. The van der Waals surface area contributed by atoms with Crippen LogP contribution in [0.2, 0.25) is 0 Å². The van der Waals surface area contributed by atoms with Gasteiger partial charge in [-0.15, -0.1) is 0 Å². The Morgan fingerprint density at radius 1 is 1.33 bits per heavy atom. The summed E-state index contributed by atoms with van der Waals surface area (Å²) in [4.78, 5) is 22.2. The molecule has 0 aliphatic rings. The topological polar surface area (TPSA) is 52.6 Å². The number of ketones is 1. The highest BCUT2D eigenvalue weighted by molar-refractivity contribution is 5.94. The van der Waals surface area contributed by atoms with Gasteiger partial charge in [0.2, 0.25) is 0 Å². The molecule has 0 saturated carbocycles. The first-order valence-corrected chi connectivity index (χ1v) is 5.53. The van der Waals surface area contributed by atoms with Crippen LogP contribution in [0.5, 0.6) is 5.75 Å². The summed E-state index contributed by atoms with van der Waals surface area (Å²) in [6, 6.07) is 3.82. The van der Waals surface area contributed by atoms with Crippen molar-refractivity contribution in [3.05, 3.63) is 29.6 Å². The van der Waals surface area contributed by atoms with Gasteiger partial charge < -0.3 is 9.47 Å². The lowest BCUT2D eigenvalue weighted by molar-refractivity contribution is -0.149. The number of hydrogen-bond acceptors (Lipinski definition) is 4. The van der Waals surface area contributed by atoms with Crippen LogP contribution in [0.1, 0.15) is 31.1 Å². The second kappa shape index (κ2) is 6.14. The van der Waals surface area contributed by atoms with Crippen molar-refractivity contribution in [2.45, 2.75) is 26.9 Å². The van der Waals surface area contributed by atoms with Crippen LogP contribution in [0.4, 0.5) is 4.39 Å².